The standard InChI is InChI=1S/C23H20ClN4OS3.ClH/c1-4-28-21(29)19(11-12-20-26(2)15-7-5-6-8-17(15)30-20)32-23(28)25-22-27(3)16-13-14(24)9-10-18(16)31-22;/h5-13H,4H2,1-3H3;1H/q+1;/p-1/b19-11-,20-12-;. The molecule has 170 valence electrons. The van der Waals surface area contributed by atoms with E-state index >= 15 is 0 Å². The molecule has 2 aliphatic heterocycles. The van der Waals surface area contributed by atoms with Crippen LogP contribution in [0, 0.1) is 0 Å². The van der Waals surface area contributed by atoms with Gasteiger partial charge >= 0.3 is 5.13 Å². The molecular formula is C23H20Cl2N4OS3. The number of thiazole rings is 1. The number of aryl methyl sites for hydroxylation is 1. The van der Waals surface area contributed by atoms with Gasteiger partial charge in [-0.2, -0.15) is 0 Å². The van der Waals surface area contributed by atoms with Crippen molar-refractivity contribution in [3.63, 3.8) is 0 Å². The number of amidine groups is 1. The summed E-state index contributed by atoms with van der Waals surface area (Å²) in [5.41, 5.74) is 2.21. The van der Waals surface area contributed by atoms with Crippen LogP contribution in [0.3, 0.4) is 0 Å². The molecule has 10 heteroatoms. The highest BCUT2D eigenvalue weighted by Crippen LogP contribution is 2.45. The molecule has 5 rings (SSSR count). The number of halogens is 2. The minimum atomic E-state index is -0.0110. The van der Waals surface area contributed by atoms with E-state index in [0.29, 0.717) is 21.6 Å². The molecule has 1 aromatic heterocycles. The number of nitrogens with zero attached hydrogens (tertiary/aromatic N) is 4. The molecule has 0 N–H and O–H groups in total. The third-order valence-electron chi connectivity index (χ3n) is 5.32. The van der Waals surface area contributed by atoms with Crippen LogP contribution in [0.5, 0.6) is 0 Å². The van der Waals surface area contributed by atoms with Gasteiger partial charge in [-0.25, -0.2) is 4.57 Å². The zero-order valence-corrected chi connectivity index (χ0v) is 22.0. The Labute approximate surface area is 216 Å². The Hall–Kier alpha value is -1.97. The lowest BCUT2D eigenvalue weighted by atomic mass is 10.3. The fourth-order valence-corrected chi connectivity index (χ4v) is 6.85. The highest BCUT2D eigenvalue weighted by atomic mass is 35.5. The molecule has 2 aromatic carbocycles. The molecule has 0 unspecified atom stereocenters. The van der Waals surface area contributed by atoms with E-state index in [-0.39, 0.29) is 18.3 Å². The van der Waals surface area contributed by atoms with Crippen LogP contribution in [0.15, 0.2) is 74.4 Å². The summed E-state index contributed by atoms with van der Waals surface area (Å²) in [6.07, 6.45) is 3.93. The van der Waals surface area contributed by atoms with Crippen molar-refractivity contribution in [2.45, 2.75) is 11.8 Å². The van der Waals surface area contributed by atoms with Gasteiger partial charge < -0.3 is 17.3 Å². The van der Waals surface area contributed by atoms with Crippen LogP contribution in [0.1, 0.15) is 6.92 Å². The van der Waals surface area contributed by atoms with Crippen LogP contribution in [-0.2, 0) is 11.8 Å². The van der Waals surface area contributed by atoms with E-state index < -0.39 is 0 Å². The van der Waals surface area contributed by atoms with Crippen LogP contribution < -0.4 is 21.9 Å². The first-order valence-corrected chi connectivity index (χ1v) is 12.9. The number of carbonyl (C=O) groups is 1. The lowest BCUT2D eigenvalue weighted by Crippen LogP contribution is -3.00. The van der Waals surface area contributed by atoms with Crippen molar-refractivity contribution in [2.24, 2.45) is 12.0 Å². The molecule has 0 saturated carbocycles. The summed E-state index contributed by atoms with van der Waals surface area (Å²) in [5, 5.41) is 3.32. The molecular weight excluding hydrogens is 515 g/mol. The molecule has 1 amide bonds. The fourth-order valence-electron chi connectivity index (χ4n) is 3.59. The second-order valence-electron chi connectivity index (χ2n) is 7.27. The van der Waals surface area contributed by atoms with Crippen LogP contribution in [0.2, 0.25) is 5.02 Å². The molecule has 1 saturated heterocycles. The van der Waals surface area contributed by atoms with Crippen LogP contribution >= 0.6 is 46.5 Å². The van der Waals surface area contributed by atoms with E-state index in [2.05, 4.69) is 17.0 Å². The number of hydrogen-bond acceptors (Lipinski definition) is 6. The summed E-state index contributed by atoms with van der Waals surface area (Å²) in [4.78, 5) is 23.7. The normalized spacial score (nSPS) is 19.3. The Morgan fingerprint density at radius 2 is 1.94 bits per heavy atom. The predicted molar refractivity (Wildman–Crippen MR) is 137 cm³/mol. The number of rotatable bonds is 3. The number of anilines is 1. The Kier molecular flexibility index (Phi) is 7.12. The largest absolute Gasteiger partial charge is 1.00 e. The number of para-hydroxylation sites is 1. The average molecular weight is 536 g/mol. The maximum absolute atomic E-state index is 13.0. The lowest BCUT2D eigenvalue weighted by Gasteiger charge is -2.12. The Morgan fingerprint density at radius 3 is 2.70 bits per heavy atom. The van der Waals surface area contributed by atoms with E-state index in [0.717, 1.165) is 20.4 Å². The van der Waals surface area contributed by atoms with E-state index in [4.69, 9.17) is 16.6 Å². The SMILES string of the molecule is CCN1C(=O)/C(=C/C=C2\Sc3ccccc3N2C)S/C1=N\c1sc2ccc(Cl)cc2[n+]1C.[Cl-]. The van der Waals surface area contributed by atoms with Gasteiger partial charge in [0.05, 0.1) is 27.4 Å². The van der Waals surface area contributed by atoms with Crippen molar-refractivity contribution in [3.05, 3.63) is 69.6 Å². The maximum atomic E-state index is 13.0. The van der Waals surface area contributed by atoms with Gasteiger partial charge in [0, 0.05) is 29.6 Å². The number of allylic oxidation sites excluding steroid dienone is 2. The number of thioether (sulfide) groups is 2. The minimum absolute atomic E-state index is 0. The van der Waals surface area contributed by atoms with E-state index in [1.807, 2.05) is 68.1 Å². The summed E-state index contributed by atoms with van der Waals surface area (Å²) in [6, 6.07) is 14.1. The number of hydrogen-bond donors (Lipinski definition) is 0. The summed E-state index contributed by atoms with van der Waals surface area (Å²) in [6.45, 7) is 2.54. The van der Waals surface area contributed by atoms with E-state index in [9.17, 15) is 4.79 Å². The van der Waals surface area contributed by atoms with Gasteiger partial charge in [-0.3, -0.25) is 9.69 Å². The molecule has 0 atom stereocenters. The fraction of sp³-hybridized carbons (Fsp3) is 0.174. The number of benzene rings is 2. The van der Waals surface area contributed by atoms with Crippen molar-refractivity contribution in [2.75, 3.05) is 18.5 Å². The van der Waals surface area contributed by atoms with Gasteiger partial charge in [0.15, 0.2) is 0 Å². The van der Waals surface area contributed by atoms with Gasteiger partial charge in [0.1, 0.15) is 5.52 Å². The number of likely N-dealkylation sites (N-methyl/N-ethyl adjacent to an activating group) is 1. The summed E-state index contributed by atoms with van der Waals surface area (Å²) in [5.74, 6) is -0.0110. The topological polar surface area (TPSA) is 39.8 Å². The molecule has 3 aromatic rings. The monoisotopic (exact) mass is 534 g/mol. The van der Waals surface area contributed by atoms with Gasteiger partial charge in [-0.1, -0.05) is 35.5 Å². The molecule has 0 aliphatic carbocycles. The minimum Gasteiger partial charge on any atom is -1.00 e. The molecule has 2 aliphatic rings. The molecule has 0 radical (unpaired) electrons. The third-order valence-corrected chi connectivity index (χ3v) is 8.87. The first-order chi connectivity index (χ1) is 15.5. The van der Waals surface area contributed by atoms with Gasteiger partial charge in [-0.05, 0) is 71.4 Å². The summed E-state index contributed by atoms with van der Waals surface area (Å²) < 4.78 is 3.12. The van der Waals surface area contributed by atoms with Gasteiger partial charge in [0.2, 0.25) is 0 Å². The molecule has 3 heterocycles. The van der Waals surface area contributed by atoms with Crippen molar-refractivity contribution >= 4 is 78.6 Å². The van der Waals surface area contributed by atoms with E-state index in [1.54, 1.807) is 28.0 Å². The van der Waals surface area contributed by atoms with Crippen molar-refractivity contribution in [1.29, 1.82) is 0 Å². The number of carbonyl (C=O) groups excluding carboxylic acids is 1. The molecule has 0 bridgehead atoms. The molecule has 1 fully saturated rings. The smallest absolute Gasteiger partial charge is 0.385 e. The zero-order valence-electron chi connectivity index (χ0n) is 18.1. The van der Waals surface area contributed by atoms with Gasteiger partial charge in [0.25, 0.3) is 11.1 Å². The van der Waals surface area contributed by atoms with E-state index in [1.165, 1.54) is 22.3 Å². The van der Waals surface area contributed by atoms with Crippen molar-refractivity contribution in [3.8, 4) is 0 Å². The van der Waals surface area contributed by atoms with Crippen LogP contribution in [0.25, 0.3) is 10.2 Å². The number of amides is 1. The quantitative estimate of drug-likeness (QED) is 0.382. The number of fused-ring (bicyclic) bond motifs is 2. The molecule has 5 nitrogen and oxygen atoms in total. The Bertz CT molecular complexity index is 1350. The van der Waals surface area contributed by atoms with Crippen LogP contribution in [0.4, 0.5) is 10.8 Å². The average Bonchev–Trinajstić information content (AvgIpc) is 3.39. The lowest BCUT2D eigenvalue weighted by molar-refractivity contribution is -0.627. The van der Waals surface area contributed by atoms with Crippen molar-refractivity contribution in [1.82, 2.24) is 4.90 Å². The first-order valence-electron chi connectivity index (χ1n) is 10.1. The van der Waals surface area contributed by atoms with Crippen molar-refractivity contribution < 1.29 is 21.8 Å². The highest BCUT2D eigenvalue weighted by Gasteiger charge is 2.36. The number of aromatic nitrogens is 1. The Morgan fingerprint density at radius 1 is 1.15 bits per heavy atom. The van der Waals surface area contributed by atoms with Crippen LogP contribution in [-0.4, -0.2) is 29.6 Å². The summed E-state index contributed by atoms with van der Waals surface area (Å²) in [7, 11) is 4.02. The third kappa shape index (κ3) is 4.42. The molecule has 0 spiro atoms. The van der Waals surface area contributed by atoms with Gasteiger partial charge in [-0.15, -0.1) is 0 Å². The maximum Gasteiger partial charge on any atom is 0.385 e. The first kappa shape index (κ1) is 24.2. The summed E-state index contributed by atoms with van der Waals surface area (Å²) >= 11 is 10.9. The zero-order chi connectivity index (χ0) is 22.4. The second kappa shape index (κ2) is 9.72. The highest BCUT2D eigenvalue weighted by molar-refractivity contribution is 8.18. The Balaban J connectivity index is 0.00000259. The number of aliphatic imine (C=N–C) groups is 1. The predicted octanol–water partition coefficient (Wildman–Crippen LogP) is 2.93. The second-order valence-corrected chi connectivity index (χ2v) is 10.8. The molecule has 33 heavy (non-hydrogen) atoms.